The Bertz CT molecular complexity index is 658. The molecular formula is C17H20ClN3O2. The van der Waals surface area contributed by atoms with E-state index in [2.05, 4.69) is 23.8 Å². The minimum absolute atomic E-state index is 0.0769. The second-order valence-electron chi connectivity index (χ2n) is 5.07. The first kappa shape index (κ1) is 17.2. The number of rotatable bonds is 7. The van der Waals surface area contributed by atoms with E-state index < -0.39 is 0 Å². The number of aromatic nitrogens is 2. The number of amides is 1. The highest BCUT2D eigenvalue weighted by molar-refractivity contribution is 6.29. The van der Waals surface area contributed by atoms with E-state index in [-0.39, 0.29) is 5.91 Å². The van der Waals surface area contributed by atoms with Crippen molar-refractivity contribution in [3.05, 3.63) is 47.4 Å². The van der Waals surface area contributed by atoms with Crippen molar-refractivity contribution in [2.45, 2.75) is 26.7 Å². The van der Waals surface area contributed by atoms with Crippen LogP contribution >= 0.6 is 11.6 Å². The molecule has 23 heavy (non-hydrogen) atoms. The first-order valence-corrected chi connectivity index (χ1v) is 8.07. The number of nitrogens with zero attached hydrogens (tertiary/aromatic N) is 3. The van der Waals surface area contributed by atoms with Crippen LogP contribution in [0.5, 0.6) is 11.6 Å². The molecule has 0 saturated carbocycles. The van der Waals surface area contributed by atoms with Gasteiger partial charge in [-0.25, -0.2) is 9.97 Å². The minimum atomic E-state index is -0.0769. The Morgan fingerprint density at radius 1 is 1.22 bits per heavy atom. The van der Waals surface area contributed by atoms with Crippen LogP contribution in [0.2, 0.25) is 5.15 Å². The fourth-order valence-electron chi connectivity index (χ4n) is 2.18. The van der Waals surface area contributed by atoms with Gasteiger partial charge in [-0.3, -0.25) is 4.79 Å². The zero-order valence-electron chi connectivity index (χ0n) is 13.3. The molecule has 0 saturated heterocycles. The van der Waals surface area contributed by atoms with Crippen molar-refractivity contribution < 1.29 is 9.53 Å². The second-order valence-corrected chi connectivity index (χ2v) is 5.46. The largest absolute Gasteiger partial charge is 0.439 e. The Labute approximate surface area is 141 Å². The van der Waals surface area contributed by atoms with Gasteiger partial charge in [-0.15, -0.1) is 0 Å². The first-order valence-electron chi connectivity index (χ1n) is 7.69. The molecule has 6 heteroatoms. The predicted molar refractivity (Wildman–Crippen MR) is 90.0 cm³/mol. The van der Waals surface area contributed by atoms with Crippen LogP contribution in [0.4, 0.5) is 0 Å². The maximum Gasteiger partial charge on any atom is 0.272 e. The van der Waals surface area contributed by atoms with Gasteiger partial charge in [-0.2, -0.15) is 0 Å². The van der Waals surface area contributed by atoms with Crippen LogP contribution in [0, 0.1) is 0 Å². The summed E-state index contributed by atoms with van der Waals surface area (Å²) in [6.45, 7) is 5.55. The van der Waals surface area contributed by atoms with Crippen LogP contribution in [-0.2, 0) is 0 Å². The van der Waals surface area contributed by atoms with Gasteiger partial charge in [-0.1, -0.05) is 31.5 Å². The van der Waals surface area contributed by atoms with Crippen LogP contribution in [-0.4, -0.2) is 33.9 Å². The van der Waals surface area contributed by atoms with Gasteiger partial charge in [0.25, 0.3) is 5.91 Å². The van der Waals surface area contributed by atoms with Gasteiger partial charge in [0.1, 0.15) is 16.6 Å². The Balaban J connectivity index is 2.16. The molecule has 0 fully saturated rings. The van der Waals surface area contributed by atoms with E-state index in [1.807, 2.05) is 4.90 Å². The van der Waals surface area contributed by atoms with E-state index in [0.717, 1.165) is 25.9 Å². The number of carbonyl (C=O) groups excluding carboxylic acids is 1. The van der Waals surface area contributed by atoms with Crippen LogP contribution in [0.25, 0.3) is 0 Å². The molecule has 0 radical (unpaired) electrons. The third kappa shape index (κ3) is 4.93. The molecule has 0 N–H and O–H groups in total. The number of pyridine rings is 2. The number of ether oxygens (including phenoxy) is 1. The third-order valence-electron chi connectivity index (χ3n) is 3.14. The molecule has 2 aromatic heterocycles. The van der Waals surface area contributed by atoms with Gasteiger partial charge in [0.2, 0.25) is 5.88 Å². The van der Waals surface area contributed by atoms with Crippen molar-refractivity contribution in [3.8, 4) is 11.6 Å². The summed E-state index contributed by atoms with van der Waals surface area (Å²) in [5, 5.41) is 0.340. The van der Waals surface area contributed by atoms with Crippen molar-refractivity contribution >= 4 is 17.5 Å². The molecule has 0 aliphatic carbocycles. The normalized spacial score (nSPS) is 10.4. The lowest BCUT2D eigenvalue weighted by Crippen LogP contribution is -2.33. The third-order valence-corrected chi connectivity index (χ3v) is 3.34. The molecule has 0 aliphatic heterocycles. The van der Waals surface area contributed by atoms with Crippen molar-refractivity contribution in [2.24, 2.45) is 0 Å². The number of hydrogen-bond acceptors (Lipinski definition) is 4. The average molecular weight is 334 g/mol. The summed E-state index contributed by atoms with van der Waals surface area (Å²) in [6, 6.07) is 8.44. The maximum absolute atomic E-state index is 12.6. The summed E-state index contributed by atoms with van der Waals surface area (Å²) in [4.78, 5) is 22.6. The molecule has 5 nitrogen and oxygen atoms in total. The monoisotopic (exact) mass is 333 g/mol. The molecule has 122 valence electrons. The summed E-state index contributed by atoms with van der Waals surface area (Å²) in [5.74, 6) is 0.805. The van der Waals surface area contributed by atoms with Crippen molar-refractivity contribution in [1.82, 2.24) is 14.9 Å². The molecule has 2 heterocycles. The van der Waals surface area contributed by atoms with Crippen molar-refractivity contribution in [3.63, 3.8) is 0 Å². The Morgan fingerprint density at radius 2 is 1.96 bits per heavy atom. The number of carbonyl (C=O) groups is 1. The molecule has 0 aliphatic rings. The summed E-state index contributed by atoms with van der Waals surface area (Å²) in [7, 11) is 0. The molecule has 0 atom stereocenters. The van der Waals surface area contributed by atoms with Crippen molar-refractivity contribution in [1.29, 1.82) is 0 Å². The molecule has 0 spiro atoms. The quantitative estimate of drug-likeness (QED) is 0.713. The van der Waals surface area contributed by atoms with Gasteiger partial charge < -0.3 is 9.64 Å². The molecule has 2 rings (SSSR count). The zero-order chi connectivity index (χ0) is 16.7. The Hall–Kier alpha value is -2.14. The van der Waals surface area contributed by atoms with Crippen LogP contribution in [0.1, 0.15) is 37.2 Å². The fraction of sp³-hybridized carbons (Fsp3) is 0.353. The highest BCUT2D eigenvalue weighted by Gasteiger charge is 2.16. The standard InChI is InChI=1S/C17H20ClN3O2/c1-3-10-21(11-4-2)17(22)14-6-5-7-16(20-14)23-13-8-9-19-15(18)12-13/h5-9,12H,3-4,10-11H2,1-2H3. The molecule has 2 aromatic rings. The lowest BCUT2D eigenvalue weighted by atomic mass is 10.2. The van der Waals surface area contributed by atoms with Crippen LogP contribution in [0.3, 0.4) is 0 Å². The summed E-state index contributed by atoms with van der Waals surface area (Å²) in [5.41, 5.74) is 0.379. The lowest BCUT2D eigenvalue weighted by molar-refractivity contribution is 0.0749. The summed E-state index contributed by atoms with van der Waals surface area (Å²) < 4.78 is 5.64. The molecule has 0 aromatic carbocycles. The molecule has 0 unspecified atom stereocenters. The maximum atomic E-state index is 12.6. The van der Waals surface area contributed by atoms with Crippen molar-refractivity contribution in [2.75, 3.05) is 13.1 Å². The highest BCUT2D eigenvalue weighted by Crippen LogP contribution is 2.21. The SMILES string of the molecule is CCCN(CCC)C(=O)c1cccc(Oc2ccnc(Cl)c2)n1. The van der Waals surface area contributed by atoms with Gasteiger partial charge >= 0.3 is 0 Å². The van der Waals surface area contributed by atoms with Gasteiger partial charge in [-0.05, 0) is 25.0 Å². The van der Waals surface area contributed by atoms with Gasteiger partial charge in [0.05, 0.1) is 0 Å². The van der Waals surface area contributed by atoms with E-state index in [4.69, 9.17) is 16.3 Å². The molecular weight excluding hydrogens is 314 g/mol. The van der Waals surface area contributed by atoms with Crippen LogP contribution < -0.4 is 4.74 Å². The lowest BCUT2D eigenvalue weighted by Gasteiger charge is -2.21. The Kier molecular flexibility index (Phi) is 6.35. The van der Waals surface area contributed by atoms with Gasteiger partial charge in [0.15, 0.2) is 0 Å². The highest BCUT2D eigenvalue weighted by atomic mass is 35.5. The van der Waals surface area contributed by atoms with Crippen LogP contribution in [0.15, 0.2) is 36.5 Å². The second kappa shape index (κ2) is 8.48. The predicted octanol–water partition coefficient (Wildman–Crippen LogP) is 4.18. The molecule has 0 bridgehead atoms. The topological polar surface area (TPSA) is 55.3 Å². The summed E-state index contributed by atoms with van der Waals surface area (Å²) in [6.07, 6.45) is 3.38. The zero-order valence-corrected chi connectivity index (χ0v) is 14.1. The summed E-state index contributed by atoms with van der Waals surface area (Å²) >= 11 is 5.83. The van der Waals surface area contributed by atoms with E-state index in [0.29, 0.717) is 22.5 Å². The van der Waals surface area contributed by atoms with E-state index in [1.165, 1.54) is 0 Å². The number of halogens is 1. The van der Waals surface area contributed by atoms with E-state index in [9.17, 15) is 4.79 Å². The van der Waals surface area contributed by atoms with E-state index >= 15 is 0 Å². The first-order chi connectivity index (χ1) is 11.1. The smallest absolute Gasteiger partial charge is 0.272 e. The average Bonchev–Trinajstić information content (AvgIpc) is 2.54. The number of hydrogen-bond donors (Lipinski definition) is 0. The minimum Gasteiger partial charge on any atom is -0.439 e. The van der Waals surface area contributed by atoms with Gasteiger partial charge in [0, 0.05) is 31.4 Å². The Morgan fingerprint density at radius 3 is 2.61 bits per heavy atom. The van der Waals surface area contributed by atoms with E-state index in [1.54, 1.807) is 36.5 Å². The fourth-order valence-corrected chi connectivity index (χ4v) is 2.34. The molecule has 1 amide bonds.